The fourth-order valence-corrected chi connectivity index (χ4v) is 1.69. The summed E-state index contributed by atoms with van der Waals surface area (Å²) < 4.78 is 0. The van der Waals surface area contributed by atoms with Gasteiger partial charge in [-0.15, -0.1) is 0 Å². The summed E-state index contributed by atoms with van der Waals surface area (Å²) in [5.41, 5.74) is 1.51. The monoisotopic (exact) mass is 242 g/mol. The lowest BCUT2D eigenvalue weighted by molar-refractivity contribution is 0.238. The average molecular weight is 243 g/mol. The molecule has 0 bridgehead atoms. The van der Waals surface area contributed by atoms with Crippen molar-refractivity contribution in [3.8, 4) is 11.8 Å². The van der Waals surface area contributed by atoms with Crippen LogP contribution in [0.25, 0.3) is 0 Å². The molecule has 0 saturated carbocycles. The molecule has 0 heterocycles. The topological polar surface area (TPSA) is 20.2 Å². The first kappa shape index (κ1) is 11.7. The van der Waals surface area contributed by atoms with Crippen LogP contribution in [0.2, 0.25) is 5.02 Å². The third kappa shape index (κ3) is 3.10. The van der Waals surface area contributed by atoms with Gasteiger partial charge in [0.25, 0.3) is 0 Å². The number of rotatable bonds is 1. The second-order valence-corrected chi connectivity index (χ2v) is 3.97. The average Bonchev–Trinajstić information content (AvgIpc) is 2.38. The molecule has 0 aliphatic heterocycles. The molecule has 0 aliphatic rings. The van der Waals surface area contributed by atoms with Gasteiger partial charge in [0, 0.05) is 16.1 Å². The van der Waals surface area contributed by atoms with Gasteiger partial charge in [0.05, 0.1) is 0 Å². The fourth-order valence-electron chi connectivity index (χ4n) is 1.45. The molecule has 2 rings (SSSR count). The van der Waals surface area contributed by atoms with Crippen LogP contribution < -0.4 is 0 Å². The van der Waals surface area contributed by atoms with Crippen molar-refractivity contribution in [3.63, 3.8) is 0 Å². The molecule has 84 valence electrons. The predicted molar refractivity (Wildman–Crippen MR) is 69.7 cm³/mol. The van der Waals surface area contributed by atoms with Crippen LogP contribution >= 0.6 is 11.6 Å². The van der Waals surface area contributed by atoms with Crippen molar-refractivity contribution >= 4 is 11.6 Å². The highest BCUT2D eigenvalue weighted by atomic mass is 35.5. The molecule has 0 amide bonds. The Kier molecular flexibility index (Phi) is 3.82. The number of halogens is 1. The van der Waals surface area contributed by atoms with Gasteiger partial charge < -0.3 is 5.11 Å². The van der Waals surface area contributed by atoms with Crippen molar-refractivity contribution in [3.05, 3.63) is 70.7 Å². The molecule has 0 aromatic heterocycles. The summed E-state index contributed by atoms with van der Waals surface area (Å²) in [6.45, 7) is 0. The van der Waals surface area contributed by atoms with E-state index >= 15 is 0 Å². The smallest absolute Gasteiger partial charge is 0.142 e. The van der Waals surface area contributed by atoms with Crippen LogP contribution in [0.1, 0.15) is 17.2 Å². The van der Waals surface area contributed by atoms with E-state index in [4.69, 9.17) is 11.6 Å². The van der Waals surface area contributed by atoms with Gasteiger partial charge in [-0.2, -0.15) is 0 Å². The maximum Gasteiger partial charge on any atom is 0.142 e. The number of aliphatic hydroxyl groups excluding tert-OH is 1. The first-order chi connectivity index (χ1) is 8.27. The summed E-state index contributed by atoms with van der Waals surface area (Å²) in [7, 11) is 0. The maximum atomic E-state index is 9.90. The number of aliphatic hydroxyl groups is 1. The minimum Gasteiger partial charge on any atom is -0.376 e. The predicted octanol–water partition coefficient (Wildman–Crippen LogP) is 3.43. The molecule has 0 unspecified atom stereocenters. The molecule has 1 nitrogen and oxygen atoms in total. The Morgan fingerprint density at radius 1 is 0.941 bits per heavy atom. The highest BCUT2D eigenvalue weighted by Crippen LogP contribution is 2.21. The molecule has 0 fully saturated rings. The lowest BCUT2D eigenvalue weighted by Gasteiger charge is -2.05. The van der Waals surface area contributed by atoms with Gasteiger partial charge in [-0.1, -0.05) is 59.8 Å². The van der Waals surface area contributed by atoms with Crippen molar-refractivity contribution in [1.29, 1.82) is 0 Å². The van der Waals surface area contributed by atoms with E-state index in [1.54, 1.807) is 12.1 Å². The third-order valence-corrected chi connectivity index (χ3v) is 2.67. The van der Waals surface area contributed by atoms with E-state index in [-0.39, 0.29) is 0 Å². The highest BCUT2D eigenvalue weighted by Gasteiger charge is 2.06. The van der Waals surface area contributed by atoms with Gasteiger partial charge in [0.15, 0.2) is 0 Å². The Morgan fingerprint density at radius 3 is 2.29 bits per heavy atom. The molecule has 2 heteroatoms. The number of benzene rings is 2. The van der Waals surface area contributed by atoms with Gasteiger partial charge in [0.1, 0.15) is 6.10 Å². The maximum absolute atomic E-state index is 9.90. The van der Waals surface area contributed by atoms with Crippen LogP contribution in [0.15, 0.2) is 54.6 Å². The summed E-state index contributed by atoms with van der Waals surface area (Å²) in [6.07, 6.45) is -0.857. The molecule has 0 saturated heterocycles. The zero-order valence-corrected chi connectivity index (χ0v) is 9.85. The van der Waals surface area contributed by atoms with Crippen LogP contribution in [-0.2, 0) is 0 Å². The van der Waals surface area contributed by atoms with Crippen LogP contribution in [0.4, 0.5) is 0 Å². The van der Waals surface area contributed by atoms with Crippen LogP contribution in [0.5, 0.6) is 0 Å². The molecule has 1 atom stereocenters. The quantitative estimate of drug-likeness (QED) is 0.760. The fraction of sp³-hybridized carbons (Fsp3) is 0.0667. The summed E-state index contributed by atoms with van der Waals surface area (Å²) in [4.78, 5) is 0. The lowest BCUT2D eigenvalue weighted by Crippen LogP contribution is -1.94. The van der Waals surface area contributed by atoms with Crippen molar-refractivity contribution in [1.82, 2.24) is 0 Å². The first-order valence-electron chi connectivity index (χ1n) is 5.26. The third-order valence-electron chi connectivity index (χ3n) is 2.33. The van der Waals surface area contributed by atoms with Gasteiger partial charge in [-0.25, -0.2) is 0 Å². The Morgan fingerprint density at radius 2 is 1.59 bits per heavy atom. The second-order valence-electron chi connectivity index (χ2n) is 3.56. The van der Waals surface area contributed by atoms with Crippen molar-refractivity contribution in [2.75, 3.05) is 0 Å². The standard InChI is InChI=1S/C15H11ClO/c16-14-9-5-4-8-13(14)15(17)11-10-12-6-2-1-3-7-12/h1-9,15,17H/t15-/m0/s1. The van der Waals surface area contributed by atoms with E-state index in [9.17, 15) is 5.11 Å². The molecule has 0 spiro atoms. The Hall–Kier alpha value is -1.75. The van der Waals surface area contributed by atoms with Gasteiger partial charge in [0.2, 0.25) is 0 Å². The lowest BCUT2D eigenvalue weighted by atomic mass is 10.1. The number of hydrogen-bond acceptors (Lipinski definition) is 1. The summed E-state index contributed by atoms with van der Waals surface area (Å²) in [5, 5.41) is 10.4. The Bertz CT molecular complexity index is 552. The molecule has 2 aromatic carbocycles. The normalized spacial score (nSPS) is 11.4. The Labute approximate surface area is 106 Å². The van der Waals surface area contributed by atoms with Crippen molar-refractivity contribution in [2.45, 2.75) is 6.10 Å². The molecular weight excluding hydrogens is 232 g/mol. The molecule has 0 radical (unpaired) electrons. The first-order valence-corrected chi connectivity index (χ1v) is 5.64. The minimum absolute atomic E-state index is 0.530. The van der Waals surface area contributed by atoms with E-state index in [0.717, 1.165) is 5.56 Å². The van der Waals surface area contributed by atoms with Crippen molar-refractivity contribution in [2.24, 2.45) is 0 Å². The number of hydrogen-bond donors (Lipinski definition) is 1. The summed E-state index contributed by atoms with van der Waals surface area (Å²) in [5.74, 6) is 5.69. The zero-order chi connectivity index (χ0) is 12.1. The highest BCUT2D eigenvalue weighted by molar-refractivity contribution is 6.31. The molecule has 2 aromatic rings. The van der Waals surface area contributed by atoms with E-state index in [2.05, 4.69) is 11.8 Å². The summed E-state index contributed by atoms with van der Waals surface area (Å²) in [6, 6.07) is 16.7. The van der Waals surface area contributed by atoms with Crippen LogP contribution in [-0.4, -0.2) is 5.11 Å². The zero-order valence-electron chi connectivity index (χ0n) is 9.10. The van der Waals surface area contributed by atoms with Crippen molar-refractivity contribution < 1.29 is 5.11 Å². The van der Waals surface area contributed by atoms with Gasteiger partial charge in [-0.3, -0.25) is 0 Å². The minimum atomic E-state index is -0.857. The van der Waals surface area contributed by atoms with Crippen LogP contribution in [0, 0.1) is 11.8 Å². The molecule has 1 N–H and O–H groups in total. The van der Waals surface area contributed by atoms with E-state index in [0.29, 0.717) is 10.6 Å². The molecular formula is C15H11ClO. The SMILES string of the molecule is O[C@@H](C#Cc1ccccc1)c1ccccc1Cl. The Balaban J connectivity index is 2.21. The largest absolute Gasteiger partial charge is 0.376 e. The van der Waals surface area contributed by atoms with E-state index in [1.807, 2.05) is 42.5 Å². The van der Waals surface area contributed by atoms with E-state index in [1.165, 1.54) is 0 Å². The van der Waals surface area contributed by atoms with Gasteiger partial charge >= 0.3 is 0 Å². The second kappa shape index (κ2) is 5.54. The molecule has 17 heavy (non-hydrogen) atoms. The summed E-state index contributed by atoms with van der Waals surface area (Å²) >= 11 is 5.97. The molecule has 0 aliphatic carbocycles. The van der Waals surface area contributed by atoms with E-state index < -0.39 is 6.10 Å². The van der Waals surface area contributed by atoms with Crippen LogP contribution in [0.3, 0.4) is 0 Å². The van der Waals surface area contributed by atoms with Gasteiger partial charge in [-0.05, 0) is 18.2 Å².